The third-order valence-electron chi connectivity index (χ3n) is 4.09. The van der Waals surface area contributed by atoms with Gasteiger partial charge in [0, 0.05) is 9.75 Å². The molecule has 1 aliphatic carbocycles. The summed E-state index contributed by atoms with van der Waals surface area (Å²) >= 11 is 1.94. The molecular weight excluding hydrogens is 264 g/mol. The molecule has 0 amide bonds. The molecule has 2 aromatic rings. The number of hydrogen-bond acceptors (Lipinski definition) is 3. The zero-order valence-electron chi connectivity index (χ0n) is 12.0. The van der Waals surface area contributed by atoms with Gasteiger partial charge in [-0.3, -0.25) is 5.84 Å². The predicted molar refractivity (Wildman–Crippen MR) is 85.9 cm³/mol. The molecule has 3 heteroatoms. The van der Waals surface area contributed by atoms with Gasteiger partial charge in [0.1, 0.15) is 0 Å². The Morgan fingerprint density at radius 1 is 1.15 bits per heavy atom. The monoisotopic (exact) mass is 286 g/mol. The van der Waals surface area contributed by atoms with Crippen molar-refractivity contribution in [1.29, 1.82) is 0 Å². The second-order valence-electron chi connectivity index (χ2n) is 5.67. The molecule has 0 fully saturated rings. The summed E-state index contributed by atoms with van der Waals surface area (Å²) in [7, 11) is 0. The van der Waals surface area contributed by atoms with Crippen LogP contribution in [0.15, 0.2) is 30.3 Å². The van der Waals surface area contributed by atoms with Gasteiger partial charge in [-0.1, -0.05) is 36.2 Å². The number of thiophene rings is 1. The first-order valence-electron chi connectivity index (χ1n) is 7.42. The first-order chi connectivity index (χ1) is 9.78. The largest absolute Gasteiger partial charge is 0.271 e. The summed E-state index contributed by atoms with van der Waals surface area (Å²) in [6.07, 6.45) is 6.50. The van der Waals surface area contributed by atoms with Crippen LogP contribution >= 0.6 is 11.3 Å². The molecule has 2 nitrogen and oxygen atoms in total. The Morgan fingerprint density at radius 3 is 2.80 bits per heavy atom. The summed E-state index contributed by atoms with van der Waals surface area (Å²) in [5.74, 6) is 5.83. The number of aryl methyl sites for hydroxylation is 3. The van der Waals surface area contributed by atoms with Crippen LogP contribution < -0.4 is 11.3 Å². The summed E-state index contributed by atoms with van der Waals surface area (Å²) in [6.45, 7) is 2.13. The number of hydrazine groups is 1. The number of rotatable bonds is 3. The second kappa shape index (κ2) is 6.08. The third-order valence-corrected chi connectivity index (χ3v) is 5.39. The SMILES string of the molecule is Cc1cccc(C(NN)c2cc3c(s2)CCCCC3)c1. The van der Waals surface area contributed by atoms with E-state index in [4.69, 9.17) is 5.84 Å². The zero-order valence-corrected chi connectivity index (χ0v) is 12.8. The quantitative estimate of drug-likeness (QED) is 0.510. The smallest absolute Gasteiger partial charge is 0.0802 e. The first kappa shape index (κ1) is 13.8. The van der Waals surface area contributed by atoms with Gasteiger partial charge in [0.2, 0.25) is 0 Å². The van der Waals surface area contributed by atoms with E-state index in [9.17, 15) is 0 Å². The topological polar surface area (TPSA) is 38.0 Å². The fourth-order valence-corrected chi connectivity index (χ4v) is 4.37. The minimum atomic E-state index is 0.117. The number of fused-ring (bicyclic) bond motifs is 1. The molecule has 0 saturated heterocycles. The van der Waals surface area contributed by atoms with Crippen molar-refractivity contribution >= 4 is 11.3 Å². The van der Waals surface area contributed by atoms with Gasteiger partial charge in [0.25, 0.3) is 0 Å². The van der Waals surface area contributed by atoms with Crippen LogP contribution in [-0.4, -0.2) is 0 Å². The maximum Gasteiger partial charge on any atom is 0.0802 e. The summed E-state index contributed by atoms with van der Waals surface area (Å²) in [4.78, 5) is 2.93. The average Bonchev–Trinajstić information content (AvgIpc) is 2.70. The van der Waals surface area contributed by atoms with Crippen molar-refractivity contribution in [2.45, 2.75) is 45.1 Å². The van der Waals surface area contributed by atoms with E-state index in [2.05, 4.69) is 42.7 Å². The van der Waals surface area contributed by atoms with Crippen LogP contribution in [0.5, 0.6) is 0 Å². The molecular formula is C17H22N2S. The van der Waals surface area contributed by atoms with Crippen molar-refractivity contribution in [3.8, 4) is 0 Å². The molecule has 1 atom stereocenters. The summed E-state index contributed by atoms with van der Waals surface area (Å²) in [5.41, 5.74) is 7.08. The Morgan fingerprint density at radius 2 is 2.00 bits per heavy atom. The third kappa shape index (κ3) is 2.80. The Balaban J connectivity index is 1.93. The molecule has 1 aromatic carbocycles. The highest BCUT2D eigenvalue weighted by Crippen LogP contribution is 2.34. The standard InChI is InChI=1S/C17H22N2S/c1-12-6-5-8-14(10-12)17(19-18)16-11-13-7-3-2-4-9-15(13)20-16/h5-6,8,10-11,17,19H,2-4,7,9,18H2,1H3. The van der Waals surface area contributed by atoms with Crippen LogP contribution in [0.4, 0.5) is 0 Å². The highest BCUT2D eigenvalue weighted by Gasteiger charge is 2.19. The number of nitrogens with two attached hydrogens (primary N) is 1. The minimum absolute atomic E-state index is 0.117. The van der Waals surface area contributed by atoms with Gasteiger partial charge >= 0.3 is 0 Å². The molecule has 0 bridgehead atoms. The fraction of sp³-hybridized carbons (Fsp3) is 0.412. The van der Waals surface area contributed by atoms with E-state index in [0.717, 1.165) is 0 Å². The lowest BCUT2D eigenvalue weighted by molar-refractivity contribution is 0.645. The van der Waals surface area contributed by atoms with Crippen molar-refractivity contribution in [2.75, 3.05) is 0 Å². The van der Waals surface area contributed by atoms with Crippen LogP contribution in [0.3, 0.4) is 0 Å². The maximum absolute atomic E-state index is 5.83. The molecule has 1 aliphatic rings. The Hall–Kier alpha value is -1.16. The van der Waals surface area contributed by atoms with Crippen molar-refractivity contribution in [3.05, 3.63) is 56.8 Å². The molecule has 0 aliphatic heterocycles. The van der Waals surface area contributed by atoms with Gasteiger partial charge in [0.15, 0.2) is 0 Å². The molecule has 20 heavy (non-hydrogen) atoms. The van der Waals surface area contributed by atoms with E-state index < -0.39 is 0 Å². The highest BCUT2D eigenvalue weighted by molar-refractivity contribution is 7.12. The van der Waals surface area contributed by atoms with E-state index in [1.54, 1.807) is 10.4 Å². The number of nitrogens with one attached hydrogen (secondary N) is 1. The maximum atomic E-state index is 5.83. The number of hydrogen-bond donors (Lipinski definition) is 2. The molecule has 3 N–H and O–H groups in total. The Labute approximate surface area is 125 Å². The number of benzene rings is 1. The average molecular weight is 286 g/mol. The van der Waals surface area contributed by atoms with Gasteiger partial charge in [-0.15, -0.1) is 11.3 Å². The highest BCUT2D eigenvalue weighted by atomic mass is 32.1. The van der Waals surface area contributed by atoms with Gasteiger partial charge in [-0.2, -0.15) is 0 Å². The lowest BCUT2D eigenvalue weighted by Gasteiger charge is -2.15. The van der Waals surface area contributed by atoms with Crippen LogP contribution in [-0.2, 0) is 12.8 Å². The van der Waals surface area contributed by atoms with Crippen LogP contribution in [0.2, 0.25) is 0 Å². The fourth-order valence-electron chi connectivity index (χ4n) is 3.03. The molecule has 1 unspecified atom stereocenters. The van der Waals surface area contributed by atoms with Crippen molar-refractivity contribution in [1.82, 2.24) is 5.43 Å². The Bertz CT molecular complexity index is 565. The summed E-state index contributed by atoms with van der Waals surface area (Å²) < 4.78 is 0. The molecule has 0 spiro atoms. The lowest BCUT2D eigenvalue weighted by Crippen LogP contribution is -2.28. The summed E-state index contributed by atoms with van der Waals surface area (Å²) in [5, 5.41) is 0. The second-order valence-corrected chi connectivity index (χ2v) is 6.84. The summed E-state index contributed by atoms with van der Waals surface area (Å²) in [6, 6.07) is 11.1. The van der Waals surface area contributed by atoms with Gasteiger partial charge in [0.05, 0.1) is 6.04 Å². The van der Waals surface area contributed by atoms with Crippen LogP contribution in [0, 0.1) is 6.92 Å². The van der Waals surface area contributed by atoms with Gasteiger partial charge in [-0.05, 0) is 49.8 Å². The van der Waals surface area contributed by atoms with Crippen molar-refractivity contribution in [3.63, 3.8) is 0 Å². The van der Waals surface area contributed by atoms with Gasteiger partial charge in [-0.25, -0.2) is 5.43 Å². The Kier molecular flexibility index (Phi) is 4.20. The molecule has 1 heterocycles. The zero-order chi connectivity index (χ0) is 13.9. The van der Waals surface area contributed by atoms with Gasteiger partial charge < -0.3 is 0 Å². The minimum Gasteiger partial charge on any atom is -0.271 e. The first-order valence-corrected chi connectivity index (χ1v) is 8.24. The van der Waals surface area contributed by atoms with Crippen molar-refractivity contribution in [2.24, 2.45) is 5.84 Å². The molecule has 1 aromatic heterocycles. The van der Waals surface area contributed by atoms with E-state index in [1.165, 1.54) is 48.1 Å². The molecule has 0 radical (unpaired) electrons. The molecule has 0 saturated carbocycles. The van der Waals surface area contributed by atoms with E-state index >= 15 is 0 Å². The van der Waals surface area contributed by atoms with E-state index in [0.29, 0.717) is 0 Å². The normalized spacial score (nSPS) is 16.5. The molecule has 106 valence electrons. The lowest BCUT2D eigenvalue weighted by atomic mass is 10.0. The van der Waals surface area contributed by atoms with E-state index in [1.807, 2.05) is 11.3 Å². The van der Waals surface area contributed by atoms with Crippen LogP contribution in [0.25, 0.3) is 0 Å². The van der Waals surface area contributed by atoms with Crippen LogP contribution in [0.1, 0.15) is 51.7 Å². The van der Waals surface area contributed by atoms with Crippen molar-refractivity contribution < 1.29 is 0 Å². The van der Waals surface area contributed by atoms with E-state index in [-0.39, 0.29) is 6.04 Å². The predicted octanol–water partition coefficient (Wildman–Crippen LogP) is 3.88. The molecule has 3 rings (SSSR count).